The Morgan fingerprint density at radius 3 is 2.53 bits per heavy atom. The first-order valence-corrected chi connectivity index (χ1v) is 7.78. The second-order valence-electron chi connectivity index (χ2n) is 5.84. The number of nitrogens with one attached hydrogen (secondary N) is 2. The normalized spacial score (nSPS) is 25.6. The van der Waals surface area contributed by atoms with E-state index in [4.69, 9.17) is 0 Å². The number of carbonyl (C=O) groups excluding carboxylic acids is 1. The van der Waals surface area contributed by atoms with Gasteiger partial charge in [0.15, 0.2) is 0 Å². The highest BCUT2D eigenvalue weighted by molar-refractivity contribution is 7.99. The van der Waals surface area contributed by atoms with E-state index in [1.54, 1.807) is 0 Å². The summed E-state index contributed by atoms with van der Waals surface area (Å²) in [6.07, 6.45) is 7.27. The predicted molar refractivity (Wildman–Crippen MR) is 75.5 cm³/mol. The fourth-order valence-corrected chi connectivity index (χ4v) is 3.26. The molecule has 0 saturated heterocycles. The van der Waals surface area contributed by atoms with Crippen molar-refractivity contribution in [3.05, 3.63) is 0 Å². The molecule has 0 radical (unpaired) electrons. The zero-order valence-electron chi connectivity index (χ0n) is 11.5. The summed E-state index contributed by atoms with van der Waals surface area (Å²) >= 11 is 1.92. The fraction of sp³-hybridized carbons (Fsp3) is 0.923. The van der Waals surface area contributed by atoms with Crippen molar-refractivity contribution < 1.29 is 4.79 Å². The van der Waals surface area contributed by atoms with Gasteiger partial charge in [-0.25, -0.2) is 0 Å². The molecule has 1 rings (SSSR count). The Morgan fingerprint density at radius 1 is 1.29 bits per heavy atom. The minimum absolute atomic E-state index is 0.0999. The van der Waals surface area contributed by atoms with Gasteiger partial charge in [0.1, 0.15) is 0 Å². The Kier molecular flexibility index (Phi) is 5.80. The van der Waals surface area contributed by atoms with Gasteiger partial charge in [-0.05, 0) is 39.9 Å². The van der Waals surface area contributed by atoms with E-state index >= 15 is 0 Å². The van der Waals surface area contributed by atoms with Crippen molar-refractivity contribution in [2.75, 3.05) is 12.8 Å². The standard InChI is InChI=1S/C13H26N2OS/c1-13(2,3)15-12(16)9-14-10-7-5-6-8-11(10)17-4/h10-11,14H,5-9H2,1-4H3,(H,15,16). The second-order valence-corrected chi connectivity index (χ2v) is 6.92. The second kappa shape index (κ2) is 6.64. The summed E-state index contributed by atoms with van der Waals surface area (Å²) in [6, 6.07) is 0.504. The van der Waals surface area contributed by atoms with Crippen LogP contribution in [0.5, 0.6) is 0 Å². The van der Waals surface area contributed by atoms with Crippen molar-refractivity contribution in [1.82, 2.24) is 10.6 Å². The summed E-state index contributed by atoms with van der Waals surface area (Å²) in [7, 11) is 0. The van der Waals surface area contributed by atoms with Crippen LogP contribution in [0.2, 0.25) is 0 Å². The van der Waals surface area contributed by atoms with Crippen LogP contribution in [0, 0.1) is 0 Å². The Hall–Kier alpha value is -0.220. The highest BCUT2D eigenvalue weighted by atomic mass is 32.2. The van der Waals surface area contributed by atoms with Crippen LogP contribution in [0.1, 0.15) is 46.5 Å². The van der Waals surface area contributed by atoms with Crippen molar-refractivity contribution in [2.45, 2.75) is 63.3 Å². The third-order valence-electron chi connectivity index (χ3n) is 3.04. The summed E-state index contributed by atoms with van der Waals surface area (Å²) in [5.41, 5.74) is -0.135. The third-order valence-corrected chi connectivity index (χ3v) is 4.21. The lowest BCUT2D eigenvalue weighted by Gasteiger charge is -2.31. The van der Waals surface area contributed by atoms with Crippen molar-refractivity contribution in [3.63, 3.8) is 0 Å². The molecule has 0 spiro atoms. The van der Waals surface area contributed by atoms with E-state index in [1.165, 1.54) is 25.7 Å². The molecule has 3 nitrogen and oxygen atoms in total. The summed E-state index contributed by atoms with van der Waals surface area (Å²) in [4.78, 5) is 11.7. The van der Waals surface area contributed by atoms with Crippen molar-refractivity contribution >= 4 is 17.7 Å². The van der Waals surface area contributed by atoms with Crippen molar-refractivity contribution in [2.24, 2.45) is 0 Å². The van der Waals surface area contributed by atoms with Crippen LogP contribution >= 0.6 is 11.8 Å². The third kappa shape index (κ3) is 5.77. The van der Waals surface area contributed by atoms with Crippen LogP contribution in [-0.4, -0.2) is 35.5 Å². The number of carbonyl (C=O) groups is 1. The molecule has 1 aliphatic rings. The molecule has 0 aromatic carbocycles. The fourth-order valence-electron chi connectivity index (χ4n) is 2.30. The zero-order chi connectivity index (χ0) is 12.9. The highest BCUT2D eigenvalue weighted by Crippen LogP contribution is 2.26. The van der Waals surface area contributed by atoms with E-state index in [0.29, 0.717) is 17.8 Å². The van der Waals surface area contributed by atoms with Crippen LogP contribution in [0.15, 0.2) is 0 Å². The highest BCUT2D eigenvalue weighted by Gasteiger charge is 2.24. The topological polar surface area (TPSA) is 41.1 Å². The number of hydrogen-bond acceptors (Lipinski definition) is 3. The molecule has 1 fully saturated rings. The molecule has 1 amide bonds. The van der Waals surface area contributed by atoms with E-state index in [9.17, 15) is 4.79 Å². The van der Waals surface area contributed by atoms with Gasteiger partial charge in [0, 0.05) is 16.8 Å². The molecule has 2 atom stereocenters. The van der Waals surface area contributed by atoms with Crippen LogP contribution in [0.3, 0.4) is 0 Å². The maximum atomic E-state index is 11.7. The van der Waals surface area contributed by atoms with Gasteiger partial charge in [-0.2, -0.15) is 11.8 Å². The predicted octanol–water partition coefficient (Wildman–Crippen LogP) is 2.16. The monoisotopic (exact) mass is 258 g/mol. The van der Waals surface area contributed by atoms with E-state index in [-0.39, 0.29) is 11.4 Å². The summed E-state index contributed by atoms with van der Waals surface area (Å²) < 4.78 is 0. The summed E-state index contributed by atoms with van der Waals surface area (Å²) in [5.74, 6) is 0.0999. The Bertz CT molecular complexity index is 250. The lowest BCUT2D eigenvalue weighted by molar-refractivity contribution is -0.121. The molecular formula is C13H26N2OS. The number of rotatable bonds is 4. The molecule has 0 heterocycles. The van der Waals surface area contributed by atoms with Crippen LogP contribution in [0.4, 0.5) is 0 Å². The van der Waals surface area contributed by atoms with Gasteiger partial charge in [0.2, 0.25) is 5.91 Å². The maximum absolute atomic E-state index is 11.7. The first kappa shape index (κ1) is 14.8. The van der Waals surface area contributed by atoms with Gasteiger partial charge in [0.25, 0.3) is 0 Å². The molecule has 2 N–H and O–H groups in total. The van der Waals surface area contributed by atoms with Gasteiger partial charge < -0.3 is 10.6 Å². The molecule has 0 aliphatic heterocycles. The van der Waals surface area contributed by atoms with Crippen molar-refractivity contribution in [1.29, 1.82) is 0 Å². The van der Waals surface area contributed by atoms with Gasteiger partial charge in [0.05, 0.1) is 6.54 Å². The summed E-state index contributed by atoms with van der Waals surface area (Å²) in [6.45, 7) is 6.47. The molecule has 1 saturated carbocycles. The van der Waals surface area contributed by atoms with Gasteiger partial charge in [-0.15, -0.1) is 0 Å². The molecule has 0 aromatic rings. The average molecular weight is 258 g/mol. The molecule has 1 aliphatic carbocycles. The molecule has 17 heavy (non-hydrogen) atoms. The largest absolute Gasteiger partial charge is 0.350 e. The smallest absolute Gasteiger partial charge is 0.234 e. The maximum Gasteiger partial charge on any atom is 0.234 e. The van der Waals surface area contributed by atoms with E-state index < -0.39 is 0 Å². The zero-order valence-corrected chi connectivity index (χ0v) is 12.3. The Labute approximate surface area is 109 Å². The van der Waals surface area contributed by atoms with E-state index in [2.05, 4.69) is 16.9 Å². The SMILES string of the molecule is CSC1CCCCC1NCC(=O)NC(C)(C)C. The minimum Gasteiger partial charge on any atom is -0.350 e. The molecule has 0 bridgehead atoms. The average Bonchev–Trinajstić information content (AvgIpc) is 2.24. The van der Waals surface area contributed by atoms with Crippen LogP contribution in [-0.2, 0) is 4.79 Å². The number of hydrogen-bond donors (Lipinski definition) is 2. The molecular weight excluding hydrogens is 232 g/mol. The Balaban J connectivity index is 2.31. The quantitative estimate of drug-likeness (QED) is 0.812. The number of amides is 1. The van der Waals surface area contributed by atoms with E-state index in [1.807, 2.05) is 32.5 Å². The first-order chi connectivity index (χ1) is 7.92. The van der Waals surface area contributed by atoms with Crippen LogP contribution in [0.25, 0.3) is 0 Å². The van der Waals surface area contributed by atoms with Gasteiger partial charge in [-0.1, -0.05) is 12.8 Å². The first-order valence-electron chi connectivity index (χ1n) is 6.49. The lowest BCUT2D eigenvalue weighted by atomic mass is 9.95. The van der Waals surface area contributed by atoms with Gasteiger partial charge in [-0.3, -0.25) is 4.79 Å². The molecule has 4 heteroatoms. The minimum atomic E-state index is -0.135. The lowest BCUT2D eigenvalue weighted by Crippen LogP contribution is -2.49. The Morgan fingerprint density at radius 2 is 1.94 bits per heavy atom. The number of thioether (sulfide) groups is 1. The molecule has 100 valence electrons. The van der Waals surface area contributed by atoms with Crippen LogP contribution < -0.4 is 10.6 Å². The molecule has 0 aromatic heterocycles. The van der Waals surface area contributed by atoms with Gasteiger partial charge >= 0.3 is 0 Å². The summed E-state index contributed by atoms with van der Waals surface area (Å²) in [5, 5.41) is 7.07. The van der Waals surface area contributed by atoms with Crippen molar-refractivity contribution in [3.8, 4) is 0 Å². The molecule has 2 unspecified atom stereocenters. The van der Waals surface area contributed by atoms with E-state index in [0.717, 1.165) is 0 Å².